The van der Waals surface area contributed by atoms with Crippen LogP contribution in [0.2, 0.25) is 5.02 Å². The summed E-state index contributed by atoms with van der Waals surface area (Å²) in [7, 11) is 0. The zero-order valence-corrected chi connectivity index (χ0v) is 27.3. The molecule has 1 fully saturated rings. The Balaban J connectivity index is 0.958. The van der Waals surface area contributed by atoms with E-state index in [-0.39, 0.29) is 0 Å². The van der Waals surface area contributed by atoms with Gasteiger partial charge in [-0.05, 0) is 93.4 Å². The average Bonchev–Trinajstić information content (AvgIpc) is 3.02. The Hall–Kier alpha value is -2.42. The van der Waals surface area contributed by atoms with Crippen LogP contribution in [0.4, 0.5) is 11.4 Å². The van der Waals surface area contributed by atoms with Crippen molar-refractivity contribution in [2.45, 2.75) is 55.4 Å². The van der Waals surface area contributed by atoms with Gasteiger partial charge >= 0.3 is 0 Å². The van der Waals surface area contributed by atoms with E-state index in [9.17, 15) is 0 Å². The van der Waals surface area contributed by atoms with Gasteiger partial charge in [-0.25, -0.2) is 0 Å². The van der Waals surface area contributed by atoms with Crippen molar-refractivity contribution in [1.82, 2.24) is 15.1 Å². The Bertz CT molecular complexity index is 1270. The first kappa shape index (κ1) is 32.0. The number of rotatable bonds is 16. The van der Waals surface area contributed by atoms with Crippen LogP contribution in [0, 0.1) is 0 Å². The molecule has 0 atom stereocenters. The first-order valence-electron chi connectivity index (χ1n) is 15.9. The average molecular weight is 623 g/mol. The van der Waals surface area contributed by atoms with E-state index in [2.05, 4.69) is 70.3 Å². The number of hydrogen-bond acceptors (Lipinski definition) is 7. The van der Waals surface area contributed by atoms with Crippen molar-refractivity contribution < 1.29 is 9.47 Å². The van der Waals surface area contributed by atoms with E-state index in [0.29, 0.717) is 12.6 Å². The van der Waals surface area contributed by atoms with Crippen molar-refractivity contribution in [3.63, 3.8) is 0 Å². The predicted octanol–water partition coefficient (Wildman–Crippen LogP) is 7.58. The quantitative estimate of drug-likeness (QED) is 0.165. The fraction of sp³-hybridized carbons (Fsp3) is 0.486. The van der Waals surface area contributed by atoms with Gasteiger partial charge in [0.1, 0.15) is 18.1 Å². The third-order valence-electron chi connectivity index (χ3n) is 8.05. The highest BCUT2D eigenvalue weighted by molar-refractivity contribution is 7.99. The van der Waals surface area contributed by atoms with E-state index in [1.807, 2.05) is 42.1 Å². The van der Waals surface area contributed by atoms with Crippen molar-refractivity contribution in [3.05, 3.63) is 71.8 Å². The zero-order chi connectivity index (χ0) is 29.9. The van der Waals surface area contributed by atoms with Crippen LogP contribution in [0.25, 0.3) is 0 Å². The van der Waals surface area contributed by atoms with E-state index in [4.69, 9.17) is 21.1 Å². The Morgan fingerprint density at radius 1 is 0.721 bits per heavy atom. The minimum absolute atomic E-state index is 0.562. The Labute approximate surface area is 267 Å². The molecule has 0 saturated carbocycles. The summed E-state index contributed by atoms with van der Waals surface area (Å²) in [6.45, 7) is 14.4. The van der Waals surface area contributed by atoms with Crippen LogP contribution in [0.5, 0.6) is 11.5 Å². The van der Waals surface area contributed by atoms with Gasteiger partial charge in [0.05, 0.1) is 18.0 Å². The molecule has 0 radical (unpaired) electrons. The molecule has 2 aliphatic rings. The summed E-state index contributed by atoms with van der Waals surface area (Å²) >= 11 is 8.23. The molecule has 8 heteroatoms. The minimum atomic E-state index is 0.562. The minimum Gasteiger partial charge on any atom is -0.494 e. The van der Waals surface area contributed by atoms with Gasteiger partial charge < -0.3 is 24.6 Å². The first-order valence-corrected chi connectivity index (χ1v) is 17.1. The van der Waals surface area contributed by atoms with Gasteiger partial charge in [0.2, 0.25) is 0 Å². The lowest BCUT2D eigenvalue weighted by Crippen LogP contribution is -2.47. The van der Waals surface area contributed by atoms with Crippen LogP contribution in [0.15, 0.2) is 76.5 Å². The van der Waals surface area contributed by atoms with Gasteiger partial charge in [-0.2, -0.15) is 0 Å². The number of hydrogen-bond donors (Lipinski definition) is 1. The van der Waals surface area contributed by atoms with Crippen LogP contribution < -0.4 is 19.7 Å². The zero-order valence-electron chi connectivity index (χ0n) is 25.8. The second kappa shape index (κ2) is 16.6. The van der Waals surface area contributed by atoms with E-state index in [0.717, 1.165) is 88.3 Å². The molecule has 1 saturated heterocycles. The van der Waals surface area contributed by atoms with Gasteiger partial charge in [-0.1, -0.05) is 49.3 Å². The predicted molar refractivity (Wildman–Crippen MR) is 181 cm³/mol. The number of fused-ring (bicyclic) bond motifs is 2. The number of ether oxygens (including phenoxy) is 2. The molecule has 5 rings (SSSR count). The molecule has 0 aliphatic carbocycles. The summed E-state index contributed by atoms with van der Waals surface area (Å²) in [5.74, 6) is 1.83. The summed E-state index contributed by atoms with van der Waals surface area (Å²) in [6.07, 6.45) is 4.58. The summed E-state index contributed by atoms with van der Waals surface area (Å²) < 4.78 is 11.9. The fourth-order valence-electron chi connectivity index (χ4n) is 5.64. The maximum atomic E-state index is 6.39. The topological polar surface area (TPSA) is 40.2 Å². The Morgan fingerprint density at radius 3 is 2.14 bits per heavy atom. The second-order valence-electron chi connectivity index (χ2n) is 11.7. The van der Waals surface area contributed by atoms with Crippen molar-refractivity contribution in [2.24, 2.45) is 0 Å². The lowest BCUT2D eigenvalue weighted by atomic mass is 10.2. The van der Waals surface area contributed by atoms with Gasteiger partial charge in [-0.3, -0.25) is 4.90 Å². The maximum Gasteiger partial charge on any atom is 0.119 e. The van der Waals surface area contributed by atoms with Crippen molar-refractivity contribution in [3.8, 4) is 11.5 Å². The highest BCUT2D eigenvalue weighted by Crippen LogP contribution is 2.48. The first-order chi connectivity index (χ1) is 21.0. The molecule has 0 unspecified atom stereocenters. The number of nitrogens with one attached hydrogen (secondary N) is 1. The van der Waals surface area contributed by atoms with Crippen LogP contribution >= 0.6 is 23.4 Å². The molecule has 0 spiro atoms. The van der Waals surface area contributed by atoms with E-state index in [1.165, 1.54) is 34.0 Å². The normalized spacial score (nSPS) is 15.4. The van der Waals surface area contributed by atoms with Crippen LogP contribution in [-0.4, -0.2) is 81.4 Å². The Morgan fingerprint density at radius 2 is 1.40 bits per heavy atom. The SMILES string of the molecule is CC(C)NCCCCCOc1ccc(OCCN2CCN(CCCN3c4ccccc4Sc4ccc(Cl)cc43)CC2)cc1. The molecular formula is C35H47ClN4O2S. The smallest absolute Gasteiger partial charge is 0.119 e. The molecule has 2 aliphatic heterocycles. The van der Waals surface area contributed by atoms with Gasteiger partial charge in [0.15, 0.2) is 0 Å². The summed E-state index contributed by atoms with van der Waals surface area (Å²) in [5, 5.41) is 4.25. The molecule has 0 bridgehead atoms. The largest absolute Gasteiger partial charge is 0.494 e. The molecule has 43 heavy (non-hydrogen) atoms. The van der Waals surface area contributed by atoms with Crippen LogP contribution in [-0.2, 0) is 0 Å². The van der Waals surface area contributed by atoms with E-state index in [1.54, 1.807) is 0 Å². The lowest BCUT2D eigenvalue weighted by Gasteiger charge is -2.36. The molecule has 3 aromatic rings. The number of para-hydroxylation sites is 1. The molecule has 3 aromatic carbocycles. The van der Waals surface area contributed by atoms with Gasteiger partial charge in [-0.15, -0.1) is 0 Å². The highest BCUT2D eigenvalue weighted by Gasteiger charge is 2.24. The maximum absolute atomic E-state index is 6.39. The van der Waals surface area contributed by atoms with Gasteiger partial charge in [0, 0.05) is 60.1 Å². The number of unbranched alkanes of at least 4 members (excludes halogenated alkanes) is 2. The molecule has 0 amide bonds. The third kappa shape index (κ3) is 9.79. The number of piperazine rings is 1. The lowest BCUT2D eigenvalue weighted by molar-refractivity contribution is 0.116. The summed E-state index contributed by atoms with van der Waals surface area (Å²) in [5.41, 5.74) is 2.51. The molecule has 232 valence electrons. The molecule has 1 N–H and O–H groups in total. The van der Waals surface area contributed by atoms with Crippen molar-refractivity contribution in [1.29, 1.82) is 0 Å². The molecule has 0 aromatic heterocycles. The third-order valence-corrected chi connectivity index (χ3v) is 9.42. The molecule has 2 heterocycles. The number of benzene rings is 3. The molecule has 6 nitrogen and oxygen atoms in total. The van der Waals surface area contributed by atoms with E-state index >= 15 is 0 Å². The van der Waals surface area contributed by atoms with E-state index < -0.39 is 0 Å². The number of halogens is 1. The standard InChI is InChI=1S/C35H47ClN4O2S/c1-28(2)37-17-6-3-7-25-41-30-12-14-31(15-13-30)42-26-24-39-22-20-38(21-23-39)18-8-19-40-32-9-4-5-10-34(32)43-35-16-11-29(36)27-33(35)40/h4-5,9-16,27-28,37H,3,6-8,17-26H2,1-2H3. The fourth-order valence-corrected chi connectivity index (χ4v) is 6.88. The monoisotopic (exact) mass is 622 g/mol. The summed E-state index contributed by atoms with van der Waals surface area (Å²) in [4.78, 5) is 10.2. The Kier molecular flexibility index (Phi) is 12.3. The van der Waals surface area contributed by atoms with Crippen molar-refractivity contribution in [2.75, 3.05) is 70.5 Å². The van der Waals surface area contributed by atoms with Gasteiger partial charge in [0.25, 0.3) is 0 Å². The molecular weight excluding hydrogens is 576 g/mol. The highest BCUT2D eigenvalue weighted by atomic mass is 35.5. The number of nitrogens with zero attached hydrogens (tertiary/aromatic N) is 3. The second-order valence-corrected chi connectivity index (χ2v) is 13.2. The summed E-state index contributed by atoms with van der Waals surface area (Å²) in [6, 6.07) is 23.6. The number of anilines is 2. The van der Waals surface area contributed by atoms with Crippen LogP contribution in [0.1, 0.15) is 39.5 Å². The van der Waals surface area contributed by atoms with Crippen LogP contribution in [0.3, 0.4) is 0 Å². The van der Waals surface area contributed by atoms with Crippen molar-refractivity contribution >= 4 is 34.7 Å².